The van der Waals surface area contributed by atoms with Crippen LogP contribution in [0, 0.1) is 0 Å². The molecule has 1 unspecified atom stereocenters. The topological polar surface area (TPSA) is 176 Å². The Hall–Kier alpha value is -4.33. The third-order valence-corrected chi connectivity index (χ3v) is 8.42. The Kier molecular flexibility index (Phi) is 9.65. The average molecular weight is 596 g/mol. The van der Waals surface area contributed by atoms with Gasteiger partial charge in [-0.2, -0.15) is 0 Å². The number of nitrogens with two attached hydrogens (primary N) is 2. The summed E-state index contributed by atoms with van der Waals surface area (Å²) >= 11 is 1.34. The lowest BCUT2D eigenvalue weighted by atomic mass is 10.0. The molecule has 0 radical (unpaired) electrons. The van der Waals surface area contributed by atoms with Crippen molar-refractivity contribution in [1.29, 1.82) is 0 Å². The maximum absolute atomic E-state index is 13.3. The maximum Gasteiger partial charge on any atom is 0.332 e. The van der Waals surface area contributed by atoms with E-state index in [-0.39, 0.29) is 29.5 Å². The number of carbonyl (C=O) groups is 2. The van der Waals surface area contributed by atoms with Crippen LogP contribution in [-0.4, -0.2) is 37.7 Å². The summed E-state index contributed by atoms with van der Waals surface area (Å²) in [5.74, 6) is -0.375. The summed E-state index contributed by atoms with van der Waals surface area (Å²) in [7, 11) is -3.89. The molecule has 0 bridgehead atoms. The number of hydrogen-bond acceptors (Lipinski definition) is 9. The molecule has 4 aromatic rings. The van der Waals surface area contributed by atoms with Gasteiger partial charge in [0.1, 0.15) is 10.8 Å². The van der Waals surface area contributed by atoms with Gasteiger partial charge in [0.15, 0.2) is 5.84 Å². The second kappa shape index (κ2) is 13.4. The zero-order valence-electron chi connectivity index (χ0n) is 22.1. The van der Waals surface area contributed by atoms with Crippen LogP contribution < -0.4 is 20.9 Å². The van der Waals surface area contributed by atoms with Gasteiger partial charge in [0.2, 0.25) is 15.9 Å². The molecule has 1 aromatic heterocycles. The lowest BCUT2D eigenvalue weighted by Crippen LogP contribution is -2.30. The first kappa shape index (κ1) is 29.6. The highest BCUT2D eigenvalue weighted by Gasteiger charge is 2.25. The second-order valence-electron chi connectivity index (χ2n) is 9.05. The number of oxime groups is 1. The van der Waals surface area contributed by atoms with Crippen molar-refractivity contribution in [2.75, 3.05) is 6.61 Å². The number of nitrogens with one attached hydrogen (secondary N) is 1. The summed E-state index contributed by atoms with van der Waals surface area (Å²) in [5.41, 5.74) is 13.1. The summed E-state index contributed by atoms with van der Waals surface area (Å²) in [6, 6.07) is 19.8. The molecular weight excluding hydrogens is 566 g/mol. The number of amidine groups is 1. The summed E-state index contributed by atoms with van der Waals surface area (Å²) in [4.78, 5) is 31.6. The molecule has 3 aromatic carbocycles. The quantitative estimate of drug-likeness (QED) is 0.0693. The van der Waals surface area contributed by atoms with Crippen molar-refractivity contribution in [1.82, 2.24) is 9.71 Å². The number of sulfonamides is 1. The third-order valence-electron chi connectivity index (χ3n) is 5.80. The second-order valence-corrected chi connectivity index (χ2v) is 11.8. The molecule has 1 amide bonds. The molecule has 1 atom stereocenters. The number of aromatic nitrogens is 1. The Bertz CT molecular complexity index is 1670. The van der Waals surface area contributed by atoms with Gasteiger partial charge in [0.25, 0.3) is 0 Å². The Morgan fingerprint density at radius 2 is 1.83 bits per heavy atom. The zero-order valence-corrected chi connectivity index (χ0v) is 23.8. The first-order chi connectivity index (χ1) is 19.6. The van der Waals surface area contributed by atoms with Crippen molar-refractivity contribution < 1.29 is 27.6 Å². The van der Waals surface area contributed by atoms with E-state index in [4.69, 9.17) is 21.2 Å². The zero-order chi connectivity index (χ0) is 29.4. The minimum atomic E-state index is -3.89. The summed E-state index contributed by atoms with van der Waals surface area (Å²) < 4.78 is 36.0. The fraction of sp³-hybridized carbons (Fsp3) is 0.214. The van der Waals surface area contributed by atoms with Crippen molar-refractivity contribution >= 4 is 49.3 Å². The molecule has 13 heteroatoms. The van der Waals surface area contributed by atoms with Crippen LogP contribution in [0.15, 0.2) is 82.8 Å². The van der Waals surface area contributed by atoms with Crippen LogP contribution in [0.25, 0.3) is 10.2 Å². The van der Waals surface area contributed by atoms with Gasteiger partial charge in [-0.3, -0.25) is 4.79 Å². The van der Waals surface area contributed by atoms with Crippen molar-refractivity contribution in [2.45, 2.75) is 37.1 Å². The van der Waals surface area contributed by atoms with Crippen molar-refractivity contribution in [3.63, 3.8) is 0 Å². The first-order valence-corrected chi connectivity index (χ1v) is 14.9. The minimum Gasteiger partial charge on any atom is -0.494 e. The van der Waals surface area contributed by atoms with Crippen LogP contribution in [0.4, 0.5) is 0 Å². The highest BCUT2D eigenvalue weighted by molar-refractivity contribution is 7.89. The molecule has 0 aliphatic carbocycles. The van der Waals surface area contributed by atoms with Gasteiger partial charge in [-0.05, 0) is 54.8 Å². The molecule has 0 fully saturated rings. The molecule has 0 saturated carbocycles. The van der Waals surface area contributed by atoms with Gasteiger partial charge < -0.3 is 21.0 Å². The number of thiazole rings is 1. The molecule has 5 N–H and O–H groups in total. The lowest BCUT2D eigenvalue weighted by molar-refractivity contribution is -0.140. The van der Waals surface area contributed by atoms with E-state index in [2.05, 4.69) is 14.7 Å². The Balaban J connectivity index is 1.64. The number of amides is 1. The molecule has 4 rings (SSSR count). The molecule has 1 heterocycles. The fourth-order valence-electron chi connectivity index (χ4n) is 3.89. The number of carbonyl (C=O) groups excluding carboxylic acids is 2. The first-order valence-electron chi connectivity index (χ1n) is 12.6. The van der Waals surface area contributed by atoms with Crippen LogP contribution >= 0.6 is 11.3 Å². The van der Waals surface area contributed by atoms with Crippen LogP contribution in [0.3, 0.4) is 0 Å². The Morgan fingerprint density at radius 1 is 1.05 bits per heavy atom. The molecule has 0 aliphatic heterocycles. The number of rotatable bonds is 13. The Morgan fingerprint density at radius 3 is 2.56 bits per heavy atom. The fourth-order valence-corrected chi connectivity index (χ4v) is 6.23. The van der Waals surface area contributed by atoms with Gasteiger partial charge >= 0.3 is 5.97 Å². The van der Waals surface area contributed by atoms with E-state index in [1.807, 2.05) is 12.1 Å². The monoisotopic (exact) mass is 595 g/mol. The van der Waals surface area contributed by atoms with Gasteiger partial charge in [0.05, 0.1) is 27.8 Å². The number of ether oxygens (including phenoxy) is 1. The smallest absolute Gasteiger partial charge is 0.332 e. The highest BCUT2D eigenvalue weighted by Crippen LogP contribution is 2.32. The highest BCUT2D eigenvalue weighted by atomic mass is 32.2. The average Bonchev–Trinajstić information content (AvgIpc) is 3.38. The van der Waals surface area contributed by atoms with Crippen molar-refractivity contribution in [3.8, 4) is 5.75 Å². The van der Waals surface area contributed by atoms with Crippen LogP contribution in [0.2, 0.25) is 0 Å². The van der Waals surface area contributed by atoms with E-state index in [1.165, 1.54) is 30.4 Å². The van der Waals surface area contributed by atoms with Crippen LogP contribution in [-0.2, 0) is 30.9 Å². The number of hydrogen-bond donors (Lipinski definition) is 3. The maximum atomic E-state index is 13.3. The van der Waals surface area contributed by atoms with Crippen molar-refractivity contribution in [2.24, 2.45) is 16.6 Å². The molecule has 214 valence electrons. The molecule has 0 aliphatic rings. The van der Waals surface area contributed by atoms with E-state index < -0.39 is 22.0 Å². The number of nitrogens with zero attached hydrogens (tertiary/aromatic N) is 2. The largest absolute Gasteiger partial charge is 0.494 e. The molecule has 41 heavy (non-hydrogen) atoms. The van der Waals surface area contributed by atoms with Crippen LogP contribution in [0.1, 0.15) is 41.9 Å². The summed E-state index contributed by atoms with van der Waals surface area (Å²) in [6.45, 7) is 1.55. The number of benzene rings is 3. The van der Waals surface area contributed by atoms with Gasteiger partial charge in [0, 0.05) is 18.9 Å². The van der Waals surface area contributed by atoms with Gasteiger partial charge in [-0.25, -0.2) is 22.9 Å². The summed E-state index contributed by atoms with van der Waals surface area (Å²) in [5, 5.41) is 4.19. The molecule has 0 saturated heterocycles. The molecular formula is C28H29N5O6S2. The number of primary amides is 1. The van der Waals surface area contributed by atoms with Crippen molar-refractivity contribution in [3.05, 3.63) is 88.9 Å². The minimum absolute atomic E-state index is 0.00631. The van der Waals surface area contributed by atoms with Crippen LogP contribution in [0.5, 0.6) is 5.75 Å². The molecule has 0 spiro atoms. The predicted octanol–water partition coefficient (Wildman–Crippen LogP) is 3.39. The Labute approximate surface area is 241 Å². The normalized spacial score (nSPS) is 12.7. The van der Waals surface area contributed by atoms with E-state index in [0.29, 0.717) is 34.9 Å². The van der Waals surface area contributed by atoms with E-state index in [1.54, 1.807) is 48.5 Å². The third kappa shape index (κ3) is 8.33. The SMILES string of the molecule is CC(=O)ON=C(N)c1cccc(CC(NS(=O)(=O)c2ccccc2)c2nc3ccc(OCCCC(N)=O)cc3s2)c1. The van der Waals surface area contributed by atoms with E-state index in [9.17, 15) is 18.0 Å². The van der Waals surface area contributed by atoms with E-state index in [0.717, 1.165) is 10.3 Å². The van der Waals surface area contributed by atoms with E-state index >= 15 is 0 Å². The lowest BCUT2D eigenvalue weighted by Gasteiger charge is -2.17. The predicted molar refractivity (Wildman–Crippen MR) is 156 cm³/mol. The molecule has 11 nitrogen and oxygen atoms in total. The number of fused-ring (bicyclic) bond motifs is 1. The standard InChI is InChI=1S/C28H29N5O6S2/c1-18(34)39-32-27(30)20-8-5-7-19(15-20)16-24(33-41(36,37)22-9-3-2-4-10-22)28-31-23-13-12-21(17-25(23)40-28)38-14-6-11-26(29)35/h2-5,7-10,12-13,15,17,24,33H,6,11,14,16H2,1H3,(H2,29,35)(H2,30,32). The van der Waals surface area contributed by atoms with Gasteiger partial charge in [-0.15, -0.1) is 11.3 Å². The summed E-state index contributed by atoms with van der Waals surface area (Å²) in [6.07, 6.45) is 0.982. The van der Waals surface area contributed by atoms with Gasteiger partial charge in [-0.1, -0.05) is 41.6 Å².